The second kappa shape index (κ2) is 8.09. The summed E-state index contributed by atoms with van der Waals surface area (Å²) in [5.74, 6) is -0.999. The number of carbonyl (C=O) groups excluding carboxylic acids is 3. The van der Waals surface area contributed by atoms with E-state index in [9.17, 15) is 24.5 Å². The van der Waals surface area contributed by atoms with Gasteiger partial charge < -0.3 is 9.47 Å². The van der Waals surface area contributed by atoms with Crippen LogP contribution < -0.4 is 4.74 Å². The van der Waals surface area contributed by atoms with E-state index >= 15 is 0 Å². The molecule has 0 atom stereocenters. The summed E-state index contributed by atoms with van der Waals surface area (Å²) in [5.41, 5.74) is 0.353. The molecule has 0 fully saturated rings. The summed E-state index contributed by atoms with van der Waals surface area (Å²) in [4.78, 5) is 47.7. The van der Waals surface area contributed by atoms with Crippen LogP contribution in [0.2, 0.25) is 0 Å². The first-order valence-electron chi connectivity index (χ1n) is 8.87. The Kier molecular flexibility index (Phi) is 5.58. The molecule has 2 amide bonds. The molecule has 0 saturated carbocycles. The number of imide groups is 1. The lowest BCUT2D eigenvalue weighted by molar-refractivity contribution is -0.384. The molecule has 9 nitrogen and oxygen atoms in total. The Morgan fingerprint density at radius 2 is 1.66 bits per heavy atom. The minimum Gasteiger partial charge on any atom is -0.464 e. The minimum absolute atomic E-state index is 0.0383. The van der Waals surface area contributed by atoms with Crippen LogP contribution in [0.15, 0.2) is 42.5 Å². The van der Waals surface area contributed by atoms with Crippen LogP contribution in [-0.2, 0) is 9.53 Å². The lowest BCUT2D eigenvalue weighted by atomic mass is 10.1. The molecule has 2 aromatic carbocycles. The smallest absolute Gasteiger partial charge is 0.308 e. The summed E-state index contributed by atoms with van der Waals surface area (Å²) < 4.78 is 10.7. The van der Waals surface area contributed by atoms with Crippen LogP contribution in [0.3, 0.4) is 0 Å². The standard InChI is InChI=1S/C20H18N2O7/c1-12(2)20(25)28-10-9-21-18(23)16-8-7-15(11-17(16)19(21)24)29-14-5-3-13(4-6-14)22(26)27/h3-8,11-12H,9-10H2,1-2H3. The number of carbonyl (C=O) groups is 3. The lowest BCUT2D eigenvalue weighted by Crippen LogP contribution is -2.33. The molecule has 3 rings (SSSR count). The van der Waals surface area contributed by atoms with E-state index in [0.717, 1.165) is 4.90 Å². The molecule has 1 heterocycles. The van der Waals surface area contributed by atoms with Gasteiger partial charge in [0.25, 0.3) is 17.5 Å². The molecule has 0 aromatic heterocycles. The second-order valence-corrected chi connectivity index (χ2v) is 6.64. The van der Waals surface area contributed by atoms with Gasteiger partial charge in [0.1, 0.15) is 18.1 Å². The number of hydrogen-bond donors (Lipinski definition) is 0. The van der Waals surface area contributed by atoms with Gasteiger partial charge in [0, 0.05) is 12.1 Å². The van der Waals surface area contributed by atoms with Crippen molar-refractivity contribution >= 4 is 23.5 Å². The van der Waals surface area contributed by atoms with Crippen LogP contribution in [0.5, 0.6) is 11.5 Å². The predicted octanol–water partition coefficient (Wildman–Crippen LogP) is 3.18. The maximum absolute atomic E-state index is 12.6. The molecule has 0 spiro atoms. The number of amides is 2. The van der Waals surface area contributed by atoms with Crippen molar-refractivity contribution in [1.82, 2.24) is 4.90 Å². The number of hydrogen-bond acceptors (Lipinski definition) is 7. The summed E-state index contributed by atoms with van der Waals surface area (Å²) in [6.45, 7) is 3.27. The van der Waals surface area contributed by atoms with Crippen LogP contribution in [0.25, 0.3) is 0 Å². The molecule has 0 aliphatic carbocycles. The first-order valence-corrected chi connectivity index (χ1v) is 8.87. The van der Waals surface area contributed by atoms with Gasteiger partial charge in [-0.1, -0.05) is 13.8 Å². The third-order valence-corrected chi connectivity index (χ3v) is 4.26. The highest BCUT2D eigenvalue weighted by molar-refractivity contribution is 6.21. The van der Waals surface area contributed by atoms with Crippen molar-refractivity contribution in [2.75, 3.05) is 13.2 Å². The highest BCUT2D eigenvalue weighted by Gasteiger charge is 2.35. The Bertz CT molecular complexity index is 983. The van der Waals surface area contributed by atoms with Gasteiger partial charge in [-0.15, -0.1) is 0 Å². The summed E-state index contributed by atoms with van der Waals surface area (Å²) in [6.07, 6.45) is 0. The molecule has 0 radical (unpaired) electrons. The number of benzene rings is 2. The van der Waals surface area contributed by atoms with E-state index in [4.69, 9.17) is 9.47 Å². The van der Waals surface area contributed by atoms with Gasteiger partial charge in [0.15, 0.2) is 0 Å². The van der Waals surface area contributed by atoms with Crippen LogP contribution in [0.4, 0.5) is 5.69 Å². The summed E-state index contributed by atoms with van der Waals surface area (Å²) >= 11 is 0. The zero-order valence-corrected chi connectivity index (χ0v) is 15.8. The van der Waals surface area contributed by atoms with Crippen molar-refractivity contribution in [3.63, 3.8) is 0 Å². The Labute approximate surface area is 166 Å². The van der Waals surface area contributed by atoms with Crippen molar-refractivity contribution in [3.8, 4) is 11.5 Å². The number of fused-ring (bicyclic) bond motifs is 1. The molecular formula is C20H18N2O7. The molecule has 1 aliphatic heterocycles. The van der Waals surface area contributed by atoms with Crippen molar-refractivity contribution in [1.29, 1.82) is 0 Å². The summed E-state index contributed by atoms with van der Waals surface area (Å²) in [6, 6.07) is 9.94. The number of rotatable bonds is 7. The molecule has 0 unspecified atom stereocenters. The van der Waals surface area contributed by atoms with E-state index < -0.39 is 22.7 Å². The predicted molar refractivity (Wildman–Crippen MR) is 101 cm³/mol. The highest BCUT2D eigenvalue weighted by atomic mass is 16.6. The van der Waals surface area contributed by atoms with Gasteiger partial charge >= 0.3 is 5.97 Å². The molecule has 0 saturated heterocycles. The number of ether oxygens (including phenoxy) is 2. The summed E-state index contributed by atoms with van der Waals surface area (Å²) in [5, 5.41) is 10.7. The summed E-state index contributed by atoms with van der Waals surface area (Å²) in [7, 11) is 0. The van der Waals surface area contributed by atoms with Gasteiger partial charge in [-0.25, -0.2) is 0 Å². The van der Waals surface area contributed by atoms with E-state index in [1.54, 1.807) is 13.8 Å². The first kappa shape index (κ1) is 20.0. The van der Waals surface area contributed by atoms with Gasteiger partial charge in [-0.05, 0) is 30.3 Å². The van der Waals surface area contributed by atoms with E-state index in [1.807, 2.05) is 0 Å². The van der Waals surface area contributed by atoms with Crippen molar-refractivity contribution in [3.05, 3.63) is 63.7 Å². The average molecular weight is 398 g/mol. The zero-order valence-electron chi connectivity index (χ0n) is 15.8. The number of non-ortho nitro benzene ring substituents is 1. The van der Waals surface area contributed by atoms with Crippen LogP contribution in [0, 0.1) is 16.0 Å². The monoisotopic (exact) mass is 398 g/mol. The number of nitrogens with zero attached hydrogens (tertiary/aromatic N) is 2. The van der Waals surface area contributed by atoms with Crippen LogP contribution in [-0.4, -0.2) is 40.8 Å². The van der Waals surface area contributed by atoms with Crippen molar-refractivity contribution in [2.45, 2.75) is 13.8 Å². The molecule has 9 heteroatoms. The maximum Gasteiger partial charge on any atom is 0.308 e. The quantitative estimate of drug-likeness (QED) is 0.304. The van der Waals surface area contributed by atoms with Crippen LogP contribution >= 0.6 is 0 Å². The SMILES string of the molecule is CC(C)C(=O)OCCN1C(=O)c2ccc(Oc3ccc([N+](=O)[O-])cc3)cc2C1=O. The molecule has 0 N–H and O–H groups in total. The fraction of sp³-hybridized carbons (Fsp3) is 0.250. The van der Waals surface area contributed by atoms with E-state index in [-0.39, 0.29) is 35.9 Å². The zero-order chi connectivity index (χ0) is 21.1. The number of nitro benzene ring substituents is 1. The first-order chi connectivity index (χ1) is 13.8. The number of esters is 1. The Morgan fingerprint density at radius 1 is 1.03 bits per heavy atom. The van der Waals surface area contributed by atoms with Gasteiger partial charge in [-0.2, -0.15) is 0 Å². The van der Waals surface area contributed by atoms with Gasteiger partial charge in [-0.3, -0.25) is 29.4 Å². The molecule has 29 heavy (non-hydrogen) atoms. The second-order valence-electron chi connectivity index (χ2n) is 6.64. The molecule has 2 aromatic rings. The van der Waals surface area contributed by atoms with E-state index in [2.05, 4.69) is 0 Å². The molecule has 1 aliphatic rings. The number of nitro groups is 1. The Hall–Kier alpha value is -3.75. The van der Waals surface area contributed by atoms with E-state index in [0.29, 0.717) is 11.5 Å². The Morgan fingerprint density at radius 3 is 2.28 bits per heavy atom. The van der Waals surface area contributed by atoms with Crippen molar-refractivity contribution < 1.29 is 28.8 Å². The van der Waals surface area contributed by atoms with Gasteiger partial charge in [0.05, 0.1) is 28.5 Å². The third kappa shape index (κ3) is 4.23. The molecule has 0 bridgehead atoms. The third-order valence-electron chi connectivity index (χ3n) is 4.26. The fourth-order valence-corrected chi connectivity index (χ4v) is 2.71. The van der Waals surface area contributed by atoms with Crippen LogP contribution in [0.1, 0.15) is 34.6 Å². The molecular weight excluding hydrogens is 380 g/mol. The average Bonchev–Trinajstić information content (AvgIpc) is 2.92. The van der Waals surface area contributed by atoms with Gasteiger partial charge in [0.2, 0.25) is 0 Å². The molecule has 150 valence electrons. The van der Waals surface area contributed by atoms with E-state index in [1.165, 1.54) is 42.5 Å². The minimum atomic E-state index is -0.517. The Balaban J connectivity index is 1.70. The largest absolute Gasteiger partial charge is 0.464 e. The van der Waals surface area contributed by atoms with Crippen molar-refractivity contribution in [2.24, 2.45) is 5.92 Å². The fourth-order valence-electron chi connectivity index (χ4n) is 2.71. The maximum atomic E-state index is 12.6. The highest BCUT2D eigenvalue weighted by Crippen LogP contribution is 2.30. The normalized spacial score (nSPS) is 12.9. The lowest BCUT2D eigenvalue weighted by Gasteiger charge is -2.14. The topological polar surface area (TPSA) is 116 Å².